The molecule has 1 heterocycles. The zero-order valence-electron chi connectivity index (χ0n) is 9.44. The van der Waals surface area contributed by atoms with E-state index in [1.807, 2.05) is 5.51 Å². The molecular weight excluding hydrogens is 216 g/mol. The Hall–Kier alpha value is -1.19. The summed E-state index contributed by atoms with van der Waals surface area (Å²) >= 11 is 1.64. The van der Waals surface area contributed by atoms with Crippen LogP contribution >= 0.6 is 11.3 Å². The van der Waals surface area contributed by atoms with Gasteiger partial charge >= 0.3 is 0 Å². The first-order valence-electron chi connectivity index (χ1n) is 5.54. The van der Waals surface area contributed by atoms with Gasteiger partial charge in [0.1, 0.15) is 0 Å². The Morgan fingerprint density at radius 3 is 2.69 bits per heavy atom. The fraction of sp³-hybridized carbons (Fsp3) is 0.308. The number of nitrogens with one attached hydrogen (secondary N) is 1. The van der Waals surface area contributed by atoms with E-state index in [0.717, 1.165) is 25.2 Å². The lowest BCUT2D eigenvalue weighted by Gasteiger charge is -2.08. The molecule has 0 aliphatic heterocycles. The molecule has 0 aliphatic rings. The van der Waals surface area contributed by atoms with Crippen LogP contribution < -0.4 is 5.32 Å². The zero-order valence-corrected chi connectivity index (χ0v) is 10.3. The highest BCUT2D eigenvalue weighted by Crippen LogP contribution is 2.09. The van der Waals surface area contributed by atoms with Gasteiger partial charge in [-0.25, -0.2) is 4.98 Å². The maximum atomic E-state index is 4.25. The highest BCUT2D eigenvalue weighted by atomic mass is 32.1. The van der Waals surface area contributed by atoms with E-state index in [1.54, 1.807) is 11.3 Å². The topological polar surface area (TPSA) is 24.9 Å². The van der Waals surface area contributed by atoms with Gasteiger partial charge in [0.15, 0.2) is 0 Å². The molecule has 0 fully saturated rings. The number of aryl methyl sites for hydroxylation is 1. The fourth-order valence-electron chi connectivity index (χ4n) is 1.72. The van der Waals surface area contributed by atoms with Crippen LogP contribution in [0.5, 0.6) is 0 Å². The van der Waals surface area contributed by atoms with Crippen molar-refractivity contribution in [1.29, 1.82) is 0 Å². The molecule has 84 valence electrons. The molecular formula is C13H16N2S. The van der Waals surface area contributed by atoms with E-state index in [0.29, 0.717) is 0 Å². The second kappa shape index (κ2) is 5.77. The van der Waals surface area contributed by atoms with Gasteiger partial charge in [0, 0.05) is 18.5 Å². The maximum Gasteiger partial charge on any atom is 0.0795 e. The summed E-state index contributed by atoms with van der Waals surface area (Å²) in [7, 11) is 0. The van der Waals surface area contributed by atoms with Crippen molar-refractivity contribution in [2.75, 3.05) is 0 Å². The molecule has 0 saturated carbocycles. The van der Waals surface area contributed by atoms with Crippen LogP contribution in [0.2, 0.25) is 0 Å². The summed E-state index contributed by atoms with van der Waals surface area (Å²) in [5.74, 6) is 0. The summed E-state index contributed by atoms with van der Waals surface area (Å²) in [6, 6.07) is 8.58. The molecule has 2 aromatic rings. The van der Waals surface area contributed by atoms with E-state index >= 15 is 0 Å². The lowest BCUT2D eigenvalue weighted by atomic mass is 10.1. The van der Waals surface area contributed by atoms with Crippen LogP contribution in [0.4, 0.5) is 0 Å². The number of hydrogen-bond donors (Lipinski definition) is 1. The fourth-order valence-corrected chi connectivity index (χ4v) is 2.28. The molecule has 0 aliphatic carbocycles. The number of benzene rings is 1. The second-order valence-electron chi connectivity index (χ2n) is 3.71. The van der Waals surface area contributed by atoms with Crippen molar-refractivity contribution in [1.82, 2.24) is 10.3 Å². The van der Waals surface area contributed by atoms with Crippen LogP contribution in [0, 0.1) is 0 Å². The van der Waals surface area contributed by atoms with Gasteiger partial charge in [-0.15, -0.1) is 11.3 Å². The van der Waals surface area contributed by atoms with Gasteiger partial charge < -0.3 is 5.32 Å². The first-order valence-corrected chi connectivity index (χ1v) is 6.49. The van der Waals surface area contributed by atoms with Crippen molar-refractivity contribution in [2.24, 2.45) is 0 Å². The average molecular weight is 232 g/mol. The van der Waals surface area contributed by atoms with Crippen molar-refractivity contribution in [3.05, 3.63) is 52.0 Å². The van der Waals surface area contributed by atoms with Crippen molar-refractivity contribution >= 4 is 11.3 Å². The molecule has 1 N–H and O–H groups in total. The van der Waals surface area contributed by atoms with E-state index in [-0.39, 0.29) is 0 Å². The third-order valence-corrected chi connectivity index (χ3v) is 3.24. The summed E-state index contributed by atoms with van der Waals surface area (Å²) in [4.78, 5) is 4.25. The highest BCUT2D eigenvalue weighted by Gasteiger charge is 1.99. The number of hydrogen-bond acceptors (Lipinski definition) is 3. The third kappa shape index (κ3) is 2.90. The number of nitrogens with zero attached hydrogens (tertiary/aromatic N) is 1. The van der Waals surface area contributed by atoms with Crippen molar-refractivity contribution in [3.63, 3.8) is 0 Å². The Morgan fingerprint density at radius 1 is 1.19 bits per heavy atom. The van der Waals surface area contributed by atoms with Crippen LogP contribution in [0.1, 0.15) is 23.7 Å². The molecule has 0 atom stereocenters. The smallest absolute Gasteiger partial charge is 0.0795 e. The van der Waals surface area contributed by atoms with Gasteiger partial charge in [-0.05, 0) is 17.5 Å². The molecule has 0 amide bonds. The lowest BCUT2D eigenvalue weighted by Crippen LogP contribution is -2.14. The third-order valence-electron chi connectivity index (χ3n) is 2.60. The molecule has 0 spiro atoms. The molecule has 0 saturated heterocycles. The summed E-state index contributed by atoms with van der Waals surface area (Å²) in [5.41, 5.74) is 5.81. The minimum absolute atomic E-state index is 0.849. The maximum absolute atomic E-state index is 4.25. The first-order chi connectivity index (χ1) is 7.90. The van der Waals surface area contributed by atoms with Crippen LogP contribution in [0.3, 0.4) is 0 Å². The van der Waals surface area contributed by atoms with Gasteiger partial charge in [-0.2, -0.15) is 0 Å². The number of rotatable bonds is 5. The predicted octanol–water partition coefficient (Wildman–Crippen LogP) is 3.00. The monoisotopic (exact) mass is 232 g/mol. The summed E-state index contributed by atoms with van der Waals surface area (Å²) < 4.78 is 0. The molecule has 16 heavy (non-hydrogen) atoms. The Balaban J connectivity index is 1.89. The predicted molar refractivity (Wildman–Crippen MR) is 68.5 cm³/mol. The van der Waals surface area contributed by atoms with Crippen LogP contribution in [0.15, 0.2) is 35.2 Å². The summed E-state index contributed by atoms with van der Waals surface area (Å²) in [6.07, 6.45) is 1.09. The van der Waals surface area contributed by atoms with Crippen molar-refractivity contribution in [3.8, 4) is 0 Å². The normalized spacial score (nSPS) is 10.6. The highest BCUT2D eigenvalue weighted by molar-refractivity contribution is 7.07. The lowest BCUT2D eigenvalue weighted by molar-refractivity contribution is 0.678. The Morgan fingerprint density at radius 2 is 2.00 bits per heavy atom. The van der Waals surface area contributed by atoms with Crippen LogP contribution in [-0.2, 0) is 19.5 Å². The number of aromatic nitrogens is 1. The van der Waals surface area contributed by atoms with E-state index in [9.17, 15) is 0 Å². The minimum atomic E-state index is 0.849. The molecule has 0 unspecified atom stereocenters. The van der Waals surface area contributed by atoms with Crippen molar-refractivity contribution < 1.29 is 0 Å². The summed E-state index contributed by atoms with van der Waals surface area (Å²) in [6.45, 7) is 3.96. The Labute approximate surface area is 100 Å². The standard InChI is InChI=1S/C13H16N2S/c1-2-11-5-3-4-6-12(11)7-14-8-13-9-16-10-15-13/h3-6,9-10,14H,2,7-8H2,1H3. The Bertz CT molecular complexity index is 423. The molecule has 3 heteroatoms. The summed E-state index contributed by atoms with van der Waals surface area (Å²) in [5, 5.41) is 5.51. The van der Waals surface area contributed by atoms with E-state index in [1.165, 1.54) is 11.1 Å². The van der Waals surface area contributed by atoms with E-state index in [4.69, 9.17) is 0 Å². The minimum Gasteiger partial charge on any atom is -0.307 e. The van der Waals surface area contributed by atoms with Crippen molar-refractivity contribution in [2.45, 2.75) is 26.4 Å². The second-order valence-corrected chi connectivity index (χ2v) is 4.42. The van der Waals surface area contributed by atoms with Gasteiger partial charge in [-0.1, -0.05) is 31.2 Å². The van der Waals surface area contributed by atoms with Crippen LogP contribution in [-0.4, -0.2) is 4.98 Å². The zero-order chi connectivity index (χ0) is 11.2. The SMILES string of the molecule is CCc1ccccc1CNCc1cscn1. The molecule has 2 rings (SSSR count). The first kappa shape index (κ1) is 11.3. The van der Waals surface area contributed by atoms with Crippen LogP contribution in [0.25, 0.3) is 0 Å². The average Bonchev–Trinajstić information content (AvgIpc) is 2.83. The molecule has 0 bridgehead atoms. The largest absolute Gasteiger partial charge is 0.307 e. The van der Waals surface area contributed by atoms with Gasteiger partial charge in [-0.3, -0.25) is 0 Å². The Kier molecular flexibility index (Phi) is 4.08. The van der Waals surface area contributed by atoms with Gasteiger partial charge in [0.2, 0.25) is 0 Å². The molecule has 2 nitrogen and oxygen atoms in total. The number of thiazole rings is 1. The molecule has 0 radical (unpaired) electrons. The quantitative estimate of drug-likeness (QED) is 0.857. The molecule has 1 aromatic carbocycles. The van der Waals surface area contributed by atoms with E-state index in [2.05, 4.69) is 46.9 Å². The van der Waals surface area contributed by atoms with Gasteiger partial charge in [0.25, 0.3) is 0 Å². The van der Waals surface area contributed by atoms with E-state index < -0.39 is 0 Å². The van der Waals surface area contributed by atoms with Gasteiger partial charge in [0.05, 0.1) is 11.2 Å². The molecule has 1 aromatic heterocycles.